The minimum atomic E-state index is -0.464. The molecule has 2 heterocycles. The van der Waals surface area contributed by atoms with E-state index < -0.39 is 5.60 Å². The van der Waals surface area contributed by atoms with Gasteiger partial charge in [-0.3, -0.25) is 4.79 Å². The molecule has 2 aliphatic heterocycles. The van der Waals surface area contributed by atoms with Crippen molar-refractivity contribution in [2.75, 3.05) is 25.1 Å². The van der Waals surface area contributed by atoms with Crippen LogP contribution in [0.15, 0.2) is 24.3 Å². The summed E-state index contributed by atoms with van der Waals surface area (Å²) in [5.74, 6) is -0.235. The number of carbonyl (C=O) groups is 2. The first kappa shape index (κ1) is 17.6. The molecule has 3 rings (SSSR count). The lowest BCUT2D eigenvalue weighted by Crippen LogP contribution is -2.50. The van der Waals surface area contributed by atoms with Crippen LogP contribution in [0, 0.1) is 0 Å². The Kier molecular flexibility index (Phi) is 4.62. The van der Waals surface area contributed by atoms with Gasteiger partial charge in [-0.05, 0) is 44.9 Å². The molecule has 6 heteroatoms. The normalized spacial score (nSPS) is 22.2. The summed E-state index contributed by atoms with van der Waals surface area (Å²) in [6.07, 6.45) is 1.05. The zero-order chi connectivity index (χ0) is 18.2. The highest BCUT2D eigenvalue weighted by molar-refractivity contribution is 5.73. The number of anilines is 1. The summed E-state index contributed by atoms with van der Waals surface area (Å²) in [4.78, 5) is 27.9. The molecule has 25 heavy (non-hydrogen) atoms. The number of esters is 1. The smallest absolute Gasteiger partial charge is 0.410 e. The molecule has 1 aromatic rings. The average molecular weight is 346 g/mol. The second-order valence-electron chi connectivity index (χ2n) is 7.75. The number of hydrogen-bond acceptors (Lipinski definition) is 5. The number of benzene rings is 1. The van der Waals surface area contributed by atoms with Crippen molar-refractivity contribution in [2.24, 2.45) is 0 Å². The first-order valence-corrected chi connectivity index (χ1v) is 8.69. The average Bonchev–Trinajstić information content (AvgIpc) is 3.14. The summed E-state index contributed by atoms with van der Waals surface area (Å²) in [5.41, 5.74) is 1.61. The standard InChI is InChI=1S/C19H26N2O4/c1-19(2,3)25-18(23)21-12-15-10-16(21)11-20(15)14-7-5-13(6-8-14)9-17(22)24-4/h5-8,15-16H,9-12H2,1-4H3. The molecule has 2 fully saturated rings. The molecule has 2 bridgehead atoms. The molecule has 0 saturated carbocycles. The van der Waals surface area contributed by atoms with E-state index in [1.54, 1.807) is 0 Å². The van der Waals surface area contributed by atoms with Crippen LogP contribution in [0.5, 0.6) is 0 Å². The maximum absolute atomic E-state index is 12.3. The molecule has 0 aromatic heterocycles. The Hall–Kier alpha value is -2.24. The number of rotatable bonds is 3. The Morgan fingerprint density at radius 2 is 1.80 bits per heavy atom. The fourth-order valence-corrected chi connectivity index (χ4v) is 3.57. The predicted octanol–water partition coefficient (Wildman–Crippen LogP) is 2.60. The first-order chi connectivity index (χ1) is 11.8. The lowest BCUT2D eigenvalue weighted by atomic mass is 10.1. The van der Waals surface area contributed by atoms with E-state index in [4.69, 9.17) is 9.47 Å². The van der Waals surface area contributed by atoms with Gasteiger partial charge in [-0.1, -0.05) is 12.1 Å². The SMILES string of the molecule is COC(=O)Cc1ccc(N2CC3CC2CN3C(=O)OC(C)(C)C)cc1. The Morgan fingerprint density at radius 3 is 2.32 bits per heavy atom. The van der Waals surface area contributed by atoms with Gasteiger partial charge < -0.3 is 19.3 Å². The summed E-state index contributed by atoms with van der Waals surface area (Å²) < 4.78 is 10.2. The van der Waals surface area contributed by atoms with Gasteiger partial charge in [0.15, 0.2) is 0 Å². The molecule has 2 saturated heterocycles. The van der Waals surface area contributed by atoms with Crippen LogP contribution < -0.4 is 4.90 Å². The largest absolute Gasteiger partial charge is 0.469 e. The van der Waals surface area contributed by atoms with Crippen molar-refractivity contribution < 1.29 is 19.1 Å². The Labute approximate surface area is 148 Å². The summed E-state index contributed by atoms with van der Waals surface area (Å²) in [6.45, 7) is 7.19. The third-order valence-electron chi connectivity index (χ3n) is 4.71. The first-order valence-electron chi connectivity index (χ1n) is 8.69. The Morgan fingerprint density at radius 1 is 1.12 bits per heavy atom. The molecule has 6 nitrogen and oxygen atoms in total. The maximum Gasteiger partial charge on any atom is 0.410 e. The number of ether oxygens (including phenoxy) is 2. The van der Waals surface area contributed by atoms with Crippen LogP contribution in [0.1, 0.15) is 32.8 Å². The van der Waals surface area contributed by atoms with E-state index in [1.165, 1.54) is 7.11 Å². The van der Waals surface area contributed by atoms with Gasteiger partial charge in [0.25, 0.3) is 0 Å². The van der Waals surface area contributed by atoms with Gasteiger partial charge in [0.2, 0.25) is 0 Å². The van der Waals surface area contributed by atoms with Crippen molar-refractivity contribution in [1.82, 2.24) is 4.90 Å². The third kappa shape index (κ3) is 3.89. The van der Waals surface area contributed by atoms with E-state index in [9.17, 15) is 9.59 Å². The topological polar surface area (TPSA) is 59.1 Å². The number of piperazine rings is 1. The highest BCUT2D eigenvalue weighted by Gasteiger charge is 2.46. The Bertz CT molecular complexity index is 650. The number of amides is 1. The van der Waals surface area contributed by atoms with Crippen LogP contribution in [0.3, 0.4) is 0 Å². The van der Waals surface area contributed by atoms with Crippen LogP contribution in [-0.4, -0.2) is 54.8 Å². The van der Waals surface area contributed by atoms with Gasteiger partial charge in [0.1, 0.15) is 5.60 Å². The number of nitrogens with zero attached hydrogens (tertiary/aromatic N) is 2. The summed E-state index contributed by atoms with van der Waals surface area (Å²) in [6, 6.07) is 8.53. The highest BCUT2D eigenvalue weighted by atomic mass is 16.6. The summed E-state index contributed by atoms with van der Waals surface area (Å²) >= 11 is 0. The zero-order valence-corrected chi connectivity index (χ0v) is 15.3. The van der Waals surface area contributed by atoms with Crippen molar-refractivity contribution in [3.05, 3.63) is 29.8 Å². The summed E-state index contributed by atoms with van der Waals surface area (Å²) in [7, 11) is 1.40. The number of hydrogen-bond donors (Lipinski definition) is 0. The minimum Gasteiger partial charge on any atom is -0.469 e. The molecule has 1 amide bonds. The van der Waals surface area contributed by atoms with Gasteiger partial charge in [-0.2, -0.15) is 0 Å². The lowest BCUT2D eigenvalue weighted by molar-refractivity contribution is -0.139. The molecule has 136 valence electrons. The van der Waals surface area contributed by atoms with E-state index in [0.29, 0.717) is 12.6 Å². The highest BCUT2D eigenvalue weighted by Crippen LogP contribution is 2.35. The van der Waals surface area contributed by atoms with Crippen molar-refractivity contribution in [3.8, 4) is 0 Å². The van der Waals surface area contributed by atoms with E-state index >= 15 is 0 Å². The van der Waals surface area contributed by atoms with E-state index in [2.05, 4.69) is 4.90 Å². The molecule has 2 atom stereocenters. The van der Waals surface area contributed by atoms with Gasteiger partial charge in [0.05, 0.1) is 19.6 Å². The number of carbonyl (C=O) groups excluding carboxylic acids is 2. The van der Waals surface area contributed by atoms with Gasteiger partial charge in [0, 0.05) is 24.8 Å². The van der Waals surface area contributed by atoms with Crippen molar-refractivity contribution in [2.45, 2.75) is 51.3 Å². The third-order valence-corrected chi connectivity index (χ3v) is 4.71. The van der Waals surface area contributed by atoms with Gasteiger partial charge in [-0.25, -0.2) is 4.79 Å². The number of fused-ring (bicyclic) bond motifs is 2. The quantitative estimate of drug-likeness (QED) is 0.788. The van der Waals surface area contributed by atoms with E-state index in [1.807, 2.05) is 49.9 Å². The fourth-order valence-electron chi connectivity index (χ4n) is 3.57. The Balaban J connectivity index is 1.61. The lowest BCUT2D eigenvalue weighted by Gasteiger charge is -2.36. The van der Waals surface area contributed by atoms with Crippen LogP contribution in [0.2, 0.25) is 0 Å². The number of methoxy groups -OCH3 is 1. The molecular formula is C19H26N2O4. The maximum atomic E-state index is 12.3. The molecule has 0 N–H and O–H groups in total. The van der Waals surface area contributed by atoms with Crippen molar-refractivity contribution in [3.63, 3.8) is 0 Å². The second-order valence-corrected chi connectivity index (χ2v) is 7.75. The molecule has 0 aliphatic carbocycles. The monoisotopic (exact) mass is 346 g/mol. The molecule has 2 aliphatic rings. The molecule has 2 unspecified atom stereocenters. The minimum absolute atomic E-state index is 0.203. The molecular weight excluding hydrogens is 320 g/mol. The van der Waals surface area contributed by atoms with Crippen LogP contribution in [-0.2, 0) is 20.7 Å². The van der Waals surface area contributed by atoms with Gasteiger partial charge >= 0.3 is 12.1 Å². The fraction of sp³-hybridized carbons (Fsp3) is 0.579. The molecule has 0 spiro atoms. The summed E-state index contributed by atoms with van der Waals surface area (Å²) in [5, 5.41) is 0. The molecule has 0 radical (unpaired) electrons. The van der Waals surface area contributed by atoms with Gasteiger partial charge in [-0.15, -0.1) is 0 Å². The van der Waals surface area contributed by atoms with Crippen molar-refractivity contribution in [1.29, 1.82) is 0 Å². The predicted molar refractivity (Wildman–Crippen MR) is 94.6 cm³/mol. The van der Waals surface area contributed by atoms with Crippen LogP contribution >= 0.6 is 0 Å². The van der Waals surface area contributed by atoms with Crippen LogP contribution in [0.4, 0.5) is 10.5 Å². The van der Waals surface area contributed by atoms with E-state index in [-0.39, 0.29) is 24.5 Å². The van der Waals surface area contributed by atoms with Crippen LogP contribution in [0.25, 0.3) is 0 Å². The van der Waals surface area contributed by atoms with Crippen molar-refractivity contribution >= 4 is 17.7 Å². The van der Waals surface area contributed by atoms with E-state index in [0.717, 1.165) is 24.2 Å². The molecule has 1 aromatic carbocycles. The zero-order valence-electron chi connectivity index (χ0n) is 15.3. The second kappa shape index (κ2) is 6.58. The number of likely N-dealkylation sites (tertiary alicyclic amines) is 1.